The summed E-state index contributed by atoms with van der Waals surface area (Å²) in [6.07, 6.45) is 4.11. The highest BCUT2D eigenvalue weighted by atomic mass is 19.1. The monoisotopic (exact) mass is 491 g/mol. The average molecular weight is 492 g/mol. The summed E-state index contributed by atoms with van der Waals surface area (Å²) in [5.41, 5.74) is 2.71. The van der Waals surface area contributed by atoms with Crippen molar-refractivity contribution in [3.8, 4) is 28.4 Å². The zero-order valence-electron chi connectivity index (χ0n) is 20.4. The lowest BCUT2D eigenvalue weighted by Crippen LogP contribution is -2.22. The minimum atomic E-state index is -0.819. The van der Waals surface area contributed by atoms with E-state index < -0.39 is 17.4 Å². The van der Waals surface area contributed by atoms with Crippen LogP contribution in [0.2, 0.25) is 0 Å². The summed E-state index contributed by atoms with van der Waals surface area (Å²) in [6.45, 7) is 3.02. The van der Waals surface area contributed by atoms with E-state index in [9.17, 15) is 13.6 Å². The molecule has 0 atom stereocenters. The second-order valence-electron chi connectivity index (χ2n) is 8.77. The molecule has 0 fully saturated rings. The van der Waals surface area contributed by atoms with Crippen molar-refractivity contribution in [1.29, 1.82) is 0 Å². The van der Waals surface area contributed by atoms with Crippen LogP contribution in [-0.4, -0.2) is 51.9 Å². The fraction of sp³-hybridized carbons (Fsp3) is 0.259. The molecular weight excluding hydrogens is 464 g/mol. The molecule has 0 spiro atoms. The van der Waals surface area contributed by atoms with Crippen molar-refractivity contribution in [2.75, 3.05) is 27.2 Å². The van der Waals surface area contributed by atoms with Gasteiger partial charge in [-0.25, -0.2) is 23.4 Å². The van der Waals surface area contributed by atoms with E-state index in [1.807, 2.05) is 50.2 Å². The number of benzene rings is 2. The van der Waals surface area contributed by atoms with Crippen LogP contribution in [0, 0.1) is 18.6 Å². The van der Waals surface area contributed by atoms with Crippen LogP contribution in [0.4, 0.5) is 8.78 Å². The first kappa shape index (κ1) is 25.1. The highest BCUT2D eigenvalue weighted by Gasteiger charge is 2.15. The van der Waals surface area contributed by atoms with Crippen LogP contribution in [0.5, 0.6) is 5.75 Å². The summed E-state index contributed by atoms with van der Waals surface area (Å²) in [6, 6.07) is 12.6. The minimum absolute atomic E-state index is 0.171. The molecule has 186 valence electrons. The Kier molecular flexibility index (Phi) is 7.80. The molecule has 2 aromatic heterocycles. The molecule has 0 amide bonds. The molecule has 0 unspecified atom stereocenters. The van der Waals surface area contributed by atoms with E-state index in [-0.39, 0.29) is 30.0 Å². The smallest absolute Gasteiger partial charge is 0.267 e. The molecule has 2 heterocycles. The molecule has 0 saturated heterocycles. The number of hydrogen-bond acceptors (Lipinski definition) is 6. The largest absolute Gasteiger partial charge is 0.488 e. The van der Waals surface area contributed by atoms with Gasteiger partial charge in [0.1, 0.15) is 0 Å². The number of halogens is 2. The van der Waals surface area contributed by atoms with Crippen LogP contribution < -0.4 is 10.3 Å². The number of rotatable bonds is 9. The fourth-order valence-electron chi connectivity index (χ4n) is 3.64. The molecule has 0 aliphatic rings. The van der Waals surface area contributed by atoms with E-state index in [0.29, 0.717) is 12.2 Å². The zero-order chi connectivity index (χ0) is 25.7. The molecule has 0 saturated carbocycles. The molecule has 4 rings (SSSR count). The van der Waals surface area contributed by atoms with Crippen molar-refractivity contribution >= 4 is 0 Å². The third-order valence-corrected chi connectivity index (χ3v) is 5.46. The molecular formula is C27H27F2N5O2. The van der Waals surface area contributed by atoms with Gasteiger partial charge in [0.05, 0.1) is 18.8 Å². The van der Waals surface area contributed by atoms with Crippen molar-refractivity contribution < 1.29 is 13.5 Å². The topological polar surface area (TPSA) is 73.1 Å². The molecule has 36 heavy (non-hydrogen) atoms. The van der Waals surface area contributed by atoms with E-state index in [1.54, 1.807) is 12.4 Å². The number of aryl methyl sites for hydroxylation is 1. The van der Waals surface area contributed by atoms with Gasteiger partial charge in [0.15, 0.2) is 23.2 Å². The average Bonchev–Trinajstić information content (AvgIpc) is 2.85. The van der Waals surface area contributed by atoms with Gasteiger partial charge in [0.25, 0.3) is 5.56 Å². The van der Waals surface area contributed by atoms with Crippen molar-refractivity contribution in [2.24, 2.45) is 0 Å². The Morgan fingerprint density at radius 2 is 1.69 bits per heavy atom. The summed E-state index contributed by atoms with van der Waals surface area (Å²) in [7, 11) is 3.83. The van der Waals surface area contributed by atoms with Gasteiger partial charge in [-0.05, 0) is 62.8 Å². The summed E-state index contributed by atoms with van der Waals surface area (Å²) in [4.78, 5) is 23.1. The van der Waals surface area contributed by atoms with Crippen molar-refractivity contribution in [2.45, 2.75) is 19.9 Å². The van der Waals surface area contributed by atoms with Gasteiger partial charge in [0.2, 0.25) is 0 Å². The van der Waals surface area contributed by atoms with E-state index in [2.05, 4.69) is 15.1 Å². The molecule has 7 nitrogen and oxygen atoms in total. The van der Waals surface area contributed by atoms with Gasteiger partial charge in [-0.1, -0.05) is 18.2 Å². The van der Waals surface area contributed by atoms with Crippen molar-refractivity contribution in [3.05, 3.63) is 94.0 Å². The Bertz CT molecular complexity index is 1380. The molecule has 0 N–H and O–H groups in total. The number of aromatic nitrogens is 4. The number of hydrogen-bond donors (Lipinski definition) is 0. The lowest BCUT2D eigenvalue weighted by atomic mass is 10.1. The Balaban J connectivity index is 1.55. The molecule has 0 bridgehead atoms. The fourth-order valence-corrected chi connectivity index (χ4v) is 3.64. The molecule has 0 radical (unpaired) electrons. The van der Waals surface area contributed by atoms with Crippen molar-refractivity contribution in [3.63, 3.8) is 0 Å². The Morgan fingerprint density at radius 3 is 2.39 bits per heavy atom. The normalized spacial score (nSPS) is 11.2. The third kappa shape index (κ3) is 6.17. The van der Waals surface area contributed by atoms with E-state index in [4.69, 9.17) is 4.74 Å². The first-order chi connectivity index (χ1) is 17.3. The summed E-state index contributed by atoms with van der Waals surface area (Å²) in [5.74, 6) is -1.48. The SMILES string of the molecule is Cc1cnc(-c2cccc(Cn3nc(-c4cc(F)c(OCCCN(C)C)c(F)c4)ccc3=O)c2)nc1. The molecule has 9 heteroatoms. The quantitative estimate of drug-likeness (QED) is 0.325. The summed E-state index contributed by atoms with van der Waals surface area (Å²) in [5, 5.41) is 4.35. The molecule has 0 aliphatic heterocycles. The molecule has 0 aliphatic carbocycles. The van der Waals surface area contributed by atoms with E-state index in [1.165, 1.54) is 16.8 Å². The predicted octanol–water partition coefficient (Wildman–Crippen LogP) is 4.33. The first-order valence-corrected chi connectivity index (χ1v) is 11.5. The van der Waals surface area contributed by atoms with E-state index in [0.717, 1.165) is 35.4 Å². The number of nitrogens with zero attached hydrogens (tertiary/aromatic N) is 5. The van der Waals surface area contributed by atoms with Crippen LogP contribution >= 0.6 is 0 Å². The second-order valence-corrected chi connectivity index (χ2v) is 8.77. The van der Waals surface area contributed by atoms with Crippen LogP contribution in [0.15, 0.2) is 65.7 Å². The van der Waals surface area contributed by atoms with Crippen LogP contribution in [0.25, 0.3) is 22.6 Å². The standard InChI is InChI=1S/C27H27F2N5O2/c1-18-15-30-27(31-16-18)20-7-4-6-19(12-20)17-34-25(35)9-8-24(32-34)21-13-22(28)26(23(29)14-21)36-11-5-10-33(2)3/h4,6-9,12-16H,5,10-11,17H2,1-3H3. The van der Waals surface area contributed by atoms with Crippen LogP contribution in [0.3, 0.4) is 0 Å². The lowest BCUT2D eigenvalue weighted by molar-refractivity contribution is 0.259. The van der Waals surface area contributed by atoms with Gasteiger partial charge in [-0.2, -0.15) is 5.10 Å². The Hall–Kier alpha value is -3.98. The molecule has 4 aromatic rings. The highest BCUT2D eigenvalue weighted by Crippen LogP contribution is 2.28. The maximum absolute atomic E-state index is 14.7. The second kappa shape index (κ2) is 11.2. The van der Waals surface area contributed by atoms with Gasteiger partial charge in [-0.3, -0.25) is 4.79 Å². The predicted molar refractivity (Wildman–Crippen MR) is 134 cm³/mol. The van der Waals surface area contributed by atoms with Crippen LogP contribution in [-0.2, 0) is 6.54 Å². The third-order valence-electron chi connectivity index (χ3n) is 5.46. The molecule has 2 aromatic carbocycles. The van der Waals surface area contributed by atoms with Gasteiger partial charge < -0.3 is 9.64 Å². The maximum Gasteiger partial charge on any atom is 0.267 e. The first-order valence-electron chi connectivity index (χ1n) is 11.5. The highest BCUT2D eigenvalue weighted by molar-refractivity contribution is 5.60. The minimum Gasteiger partial charge on any atom is -0.488 e. The Labute approximate surface area is 208 Å². The van der Waals surface area contributed by atoms with Gasteiger partial charge in [-0.15, -0.1) is 0 Å². The van der Waals surface area contributed by atoms with Gasteiger partial charge >= 0.3 is 0 Å². The lowest BCUT2D eigenvalue weighted by Gasteiger charge is -2.13. The number of ether oxygens (including phenoxy) is 1. The van der Waals surface area contributed by atoms with E-state index >= 15 is 0 Å². The van der Waals surface area contributed by atoms with Crippen LogP contribution in [0.1, 0.15) is 17.5 Å². The zero-order valence-corrected chi connectivity index (χ0v) is 20.4. The summed E-state index contributed by atoms with van der Waals surface area (Å²) < 4.78 is 35.9. The van der Waals surface area contributed by atoms with Gasteiger partial charge in [0, 0.05) is 36.1 Å². The summed E-state index contributed by atoms with van der Waals surface area (Å²) >= 11 is 0. The maximum atomic E-state index is 14.7. The Morgan fingerprint density at radius 1 is 0.972 bits per heavy atom. The van der Waals surface area contributed by atoms with Crippen molar-refractivity contribution in [1.82, 2.24) is 24.6 Å².